The van der Waals surface area contributed by atoms with Crippen molar-refractivity contribution in [3.63, 3.8) is 0 Å². The van der Waals surface area contributed by atoms with Gasteiger partial charge in [-0.3, -0.25) is 4.79 Å². The highest BCUT2D eigenvalue weighted by atomic mass is 35.5. The average Bonchev–Trinajstić information content (AvgIpc) is 2.69. The third-order valence-electron chi connectivity index (χ3n) is 4.48. The van der Waals surface area contributed by atoms with Crippen LogP contribution < -0.4 is 15.0 Å². The summed E-state index contributed by atoms with van der Waals surface area (Å²) in [6.07, 6.45) is 2.79. The van der Waals surface area contributed by atoms with Gasteiger partial charge in [-0.05, 0) is 54.8 Å². The molecule has 0 fully saturated rings. The van der Waals surface area contributed by atoms with Gasteiger partial charge < -0.3 is 14.0 Å². The van der Waals surface area contributed by atoms with Crippen molar-refractivity contribution in [2.75, 3.05) is 6.61 Å². The van der Waals surface area contributed by atoms with Crippen molar-refractivity contribution < 1.29 is 13.9 Å². The highest BCUT2D eigenvalue weighted by molar-refractivity contribution is 6.31. The molecule has 0 aliphatic carbocycles. The molecule has 29 heavy (non-hydrogen) atoms. The molecule has 0 saturated heterocycles. The Labute approximate surface area is 173 Å². The molecule has 3 aromatic rings. The lowest BCUT2D eigenvalue weighted by atomic mass is 10.1. The Morgan fingerprint density at radius 1 is 1.21 bits per heavy atom. The molecule has 0 unspecified atom stereocenters. The van der Waals surface area contributed by atoms with Crippen LogP contribution >= 0.6 is 11.6 Å². The molecule has 0 atom stereocenters. The summed E-state index contributed by atoms with van der Waals surface area (Å²) in [5, 5.41) is 0.629. The quantitative estimate of drug-likeness (QED) is 0.552. The topological polar surface area (TPSA) is 53.4 Å². The molecule has 0 spiro atoms. The smallest absolute Gasteiger partial charge is 0.299 e. The van der Waals surface area contributed by atoms with Gasteiger partial charge in [0.1, 0.15) is 5.75 Å². The normalized spacial score (nSPS) is 10.8. The fourth-order valence-corrected chi connectivity index (χ4v) is 2.93. The molecule has 1 heterocycles. The maximum atomic E-state index is 14.4. The lowest BCUT2D eigenvalue weighted by molar-refractivity contribution is 0.280. The summed E-state index contributed by atoms with van der Waals surface area (Å²) < 4.78 is 27.3. The van der Waals surface area contributed by atoms with E-state index >= 15 is 0 Å². The van der Waals surface area contributed by atoms with Gasteiger partial charge in [-0.2, -0.15) is 4.98 Å². The van der Waals surface area contributed by atoms with Gasteiger partial charge in [0.2, 0.25) is 0 Å². The second kappa shape index (κ2) is 9.09. The van der Waals surface area contributed by atoms with Crippen LogP contribution in [0.4, 0.5) is 4.39 Å². The second-order valence-electron chi connectivity index (χ2n) is 6.69. The van der Waals surface area contributed by atoms with Crippen LogP contribution in [-0.4, -0.2) is 16.2 Å². The highest BCUT2D eigenvalue weighted by Crippen LogP contribution is 2.28. The Hall–Kier alpha value is -2.86. The van der Waals surface area contributed by atoms with Crippen LogP contribution in [0, 0.1) is 12.7 Å². The molecule has 3 rings (SSSR count). The SMILES string of the molecule is CCc1cn(C)c(OCCc2ccc(Oc3ccc(Cl)c(C)c3)c(F)c2)nc1=O. The number of hydrogen-bond donors (Lipinski definition) is 0. The van der Waals surface area contributed by atoms with Crippen LogP contribution in [0.1, 0.15) is 23.6 Å². The van der Waals surface area contributed by atoms with Gasteiger partial charge in [-0.25, -0.2) is 4.39 Å². The number of benzene rings is 2. The predicted molar refractivity (Wildman–Crippen MR) is 111 cm³/mol. The molecular weight excluding hydrogens is 395 g/mol. The largest absolute Gasteiger partial charge is 0.464 e. The number of nitrogens with zero attached hydrogens (tertiary/aromatic N) is 2. The number of aromatic nitrogens is 2. The monoisotopic (exact) mass is 416 g/mol. The first kappa shape index (κ1) is 20.9. The molecule has 1 aromatic heterocycles. The zero-order chi connectivity index (χ0) is 21.0. The Morgan fingerprint density at radius 3 is 2.69 bits per heavy atom. The summed E-state index contributed by atoms with van der Waals surface area (Å²) in [4.78, 5) is 15.8. The van der Waals surface area contributed by atoms with Crippen molar-refractivity contribution in [3.05, 3.63) is 80.5 Å². The molecular formula is C22H22ClFN2O3. The van der Waals surface area contributed by atoms with Gasteiger partial charge in [0.15, 0.2) is 11.6 Å². The van der Waals surface area contributed by atoms with Crippen LogP contribution in [0.25, 0.3) is 0 Å². The molecule has 7 heteroatoms. The van der Waals surface area contributed by atoms with Crippen LogP contribution in [0.3, 0.4) is 0 Å². The van der Waals surface area contributed by atoms with E-state index in [1.807, 2.05) is 13.8 Å². The Morgan fingerprint density at radius 2 is 2.00 bits per heavy atom. The molecule has 0 bridgehead atoms. The molecule has 0 amide bonds. The summed E-state index contributed by atoms with van der Waals surface area (Å²) in [5.41, 5.74) is 1.95. The van der Waals surface area contributed by atoms with E-state index in [1.54, 1.807) is 48.1 Å². The number of ether oxygens (including phenoxy) is 2. The van der Waals surface area contributed by atoms with E-state index < -0.39 is 5.82 Å². The van der Waals surface area contributed by atoms with Crippen molar-refractivity contribution in [2.45, 2.75) is 26.7 Å². The molecule has 0 aliphatic heterocycles. The van der Waals surface area contributed by atoms with Crippen LogP contribution in [0.2, 0.25) is 5.02 Å². The summed E-state index contributed by atoms with van der Waals surface area (Å²) in [6, 6.07) is 10.2. The first-order valence-corrected chi connectivity index (χ1v) is 9.67. The Bertz CT molecular complexity index is 1080. The van der Waals surface area contributed by atoms with Crippen molar-refractivity contribution in [1.82, 2.24) is 9.55 Å². The molecule has 2 aromatic carbocycles. The van der Waals surface area contributed by atoms with Gasteiger partial charge in [0.05, 0.1) is 6.61 Å². The van der Waals surface area contributed by atoms with Crippen molar-refractivity contribution >= 4 is 11.6 Å². The minimum atomic E-state index is -0.465. The number of hydrogen-bond acceptors (Lipinski definition) is 4. The summed E-state index contributed by atoms with van der Waals surface area (Å²) in [5.74, 6) is 0.188. The zero-order valence-corrected chi connectivity index (χ0v) is 17.3. The summed E-state index contributed by atoms with van der Waals surface area (Å²) >= 11 is 6.00. The number of aryl methyl sites for hydroxylation is 3. The van der Waals surface area contributed by atoms with Crippen molar-refractivity contribution in [1.29, 1.82) is 0 Å². The molecule has 0 N–H and O–H groups in total. The Balaban J connectivity index is 1.63. The van der Waals surface area contributed by atoms with Gasteiger partial charge in [-0.1, -0.05) is 24.6 Å². The fraction of sp³-hybridized carbons (Fsp3) is 0.273. The van der Waals surface area contributed by atoms with E-state index in [9.17, 15) is 9.18 Å². The van der Waals surface area contributed by atoms with E-state index in [0.29, 0.717) is 29.2 Å². The first-order chi connectivity index (χ1) is 13.9. The second-order valence-corrected chi connectivity index (χ2v) is 7.10. The highest BCUT2D eigenvalue weighted by Gasteiger charge is 2.09. The van der Waals surface area contributed by atoms with Gasteiger partial charge >= 0.3 is 0 Å². The fourth-order valence-electron chi connectivity index (χ4n) is 2.81. The van der Waals surface area contributed by atoms with E-state index in [1.165, 1.54) is 6.07 Å². The predicted octanol–water partition coefficient (Wildman–Crippen LogP) is 4.86. The summed E-state index contributed by atoms with van der Waals surface area (Å²) in [7, 11) is 1.77. The lowest BCUT2D eigenvalue weighted by Crippen LogP contribution is -2.19. The van der Waals surface area contributed by atoms with Crippen molar-refractivity contribution in [3.8, 4) is 17.5 Å². The van der Waals surface area contributed by atoms with Crippen molar-refractivity contribution in [2.24, 2.45) is 7.05 Å². The van der Waals surface area contributed by atoms with Crippen LogP contribution in [0.5, 0.6) is 17.5 Å². The minimum Gasteiger partial charge on any atom is -0.464 e. The maximum absolute atomic E-state index is 14.4. The molecule has 0 saturated carbocycles. The molecule has 0 radical (unpaired) electrons. The van der Waals surface area contributed by atoms with E-state index in [-0.39, 0.29) is 23.9 Å². The van der Waals surface area contributed by atoms with Crippen LogP contribution in [0.15, 0.2) is 47.4 Å². The molecule has 152 valence electrons. The summed E-state index contributed by atoms with van der Waals surface area (Å²) in [6.45, 7) is 4.02. The third-order valence-corrected chi connectivity index (χ3v) is 4.90. The molecule has 0 aliphatic rings. The van der Waals surface area contributed by atoms with E-state index in [4.69, 9.17) is 21.1 Å². The van der Waals surface area contributed by atoms with E-state index in [0.717, 1.165) is 11.1 Å². The number of halogens is 2. The third kappa shape index (κ3) is 5.15. The van der Waals surface area contributed by atoms with Gasteiger partial charge in [0, 0.05) is 30.3 Å². The maximum Gasteiger partial charge on any atom is 0.299 e. The standard InChI is InChI=1S/C22H22ClFN2O3/c1-4-16-13-26(3)22(25-21(16)27)28-10-9-15-5-8-20(19(24)12-15)29-17-6-7-18(23)14(2)11-17/h5-8,11-13H,4,9-10H2,1-3H3. The lowest BCUT2D eigenvalue weighted by Gasteiger charge is -2.11. The van der Waals surface area contributed by atoms with E-state index in [2.05, 4.69) is 4.98 Å². The zero-order valence-electron chi connectivity index (χ0n) is 16.5. The average molecular weight is 417 g/mol. The molecule has 5 nitrogen and oxygen atoms in total. The first-order valence-electron chi connectivity index (χ1n) is 9.29. The Kier molecular flexibility index (Phi) is 6.54. The van der Waals surface area contributed by atoms with Gasteiger partial charge in [0.25, 0.3) is 11.6 Å². The van der Waals surface area contributed by atoms with Crippen LogP contribution in [-0.2, 0) is 19.9 Å². The number of rotatable bonds is 7. The minimum absolute atomic E-state index is 0.135. The van der Waals surface area contributed by atoms with Gasteiger partial charge in [-0.15, -0.1) is 0 Å².